The first kappa shape index (κ1) is 15.5. The first-order valence-corrected chi connectivity index (χ1v) is 7.69. The van der Waals surface area contributed by atoms with Gasteiger partial charge in [0.2, 0.25) is 0 Å². The van der Waals surface area contributed by atoms with Gasteiger partial charge in [-0.25, -0.2) is 0 Å². The van der Waals surface area contributed by atoms with Crippen LogP contribution in [0.5, 0.6) is 0 Å². The first-order chi connectivity index (χ1) is 9.70. The van der Waals surface area contributed by atoms with E-state index in [2.05, 4.69) is 54.6 Å². The van der Waals surface area contributed by atoms with Crippen LogP contribution >= 0.6 is 0 Å². The van der Waals surface area contributed by atoms with E-state index in [-0.39, 0.29) is 0 Å². The highest BCUT2D eigenvalue weighted by Gasteiger charge is 2.27. The fraction of sp³-hybridized carbons (Fsp3) is 0.647. The maximum absolute atomic E-state index is 5.67. The number of nitrogens with one attached hydrogen (secondary N) is 1. The first-order valence-electron chi connectivity index (χ1n) is 7.69. The van der Waals surface area contributed by atoms with Crippen LogP contribution in [0.15, 0.2) is 30.3 Å². The monoisotopic (exact) mass is 276 g/mol. The SMILES string of the molecule is COC1CCCCC1NC(CN(C)C)c1ccccc1. The zero-order chi connectivity index (χ0) is 14.4. The van der Waals surface area contributed by atoms with Gasteiger partial charge < -0.3 is 15.0 Å². The van der Waals surface area contributed by atoms with Crippen LogP contribution in [0.1, 0.15) is 37.3 Å². The summed E-state index contributed by atoms with van der Waals surface area (Å²) >= 11 is 0. The van der Waals surface area contributed by atoms with Crippen molar-refractivity contribution in [2.75, 3.05) is 27.7 Å². The van der Waals surface area contributed by atoms with Crippen molar-refractivity contribution in [3.63, 3.8) is 0 Å². The summed E-state index contributed by atoms with van der Waals surface area (Å²) in [4.78, 5) is 2.25. The molecule has 0 bridgehead atoms. The van der Waals surface area contributed by atoms with Gasteiger partial charge in [-0.15, -0.1) is 0 Å². The Kier molecular flexibility index (Phi) is 6.02. The van der Waals surface area contributed by atoms with Crippen LogP contribution in [0.4, 0.5) is 0 Å². The second kappa shape index (κ2) is 7.77. The Morgan fingerprint density at radius 2 is 1.90 bits per heavy atom. The number of hydrogen-bond acceptors (Lipinski definition) is 3. The molecule has 0 heterocycles. The van der Waals surface area contributed by atoms with Gasteiger partial charge in [0.25, 0.3) is 0 Å². The lowest BCUT2D eigenvalue weighted by Gasteiger charge is -2.35. The van der Waals surface area contributed by atoms with Crippen LogP contribution < -0.4 is 5.32 Å². The van der Waals surface area contributed by atoms with Crippen molar-refractivity contribution >= 4 is 0 Å². The molecule has 1 N–H and O–H groups in total. The van der Waals surface area contributed by atoms with Crippen LogP contribution in [-0.4, -0.2) is 44.8 Å². The largest absolute Gasteiger partial charge is 0.380 e. The van der Waals surface area contributed by atoms with Gasteiger partial charge in [0.1, 0.15) is 0 Å². The van der Waals surface area contributed by atoms with Crippen LogP contribution in [0, 0.1) is 0 Å². The Morgan fingerprint density at radius 3 is 2.55 bits per heavy atom. The molecular formula is C17H28N2O. The summed E-state index contributed by atoms with van der Waals surface area (Å²) in [5, 5.41) is 3.84. The van der Waals surface area contributed by atoms with Crippen LogP contribution in [-0.2, 0) is 4.74 Å². The standard InChI is InChI=1S/C17H28N2O/c1-19(2)13-16(14-9-5-4-6-10-14)18-15-11-7-8-12-17(15)20-3/h4-6,9-10,15-18H,7-8,11-13H2,1-3H3. The summed E-state index contributed by atoms with van der Waals surface area (Å²) in [7, 11) is 6.10. The maximum atomic E-state index is 5.67. The lowest BCUT2D eigenvalue weighted by atomic mass is 9.91. The van der Waals surface area contributed by atoms with Gasteiger partial charge in [-0.05, 0) is 32.5 Å². The van der Waals surface area contributed by atoms with Crippen LogP contribution in [0.3, 0.4) is 0 Å². The molecule has 0 radical (unpaired) electrons. The Bertz CT molecular complexity index is 380. The van der Waals surface area contributed by atoms with E-state index in [1.54, 1.807) is 0 Å². The Balaban J connectivity index is 2.07. The number of methoxy groups -OCH3 is 1. The number of ether oxygens (including phenoxy) is 1. The van der Waals surface area contributed by atoms with Gasteiger partial charge >= 0.3 is 0 Å². The molecular weight excluding hydrogens is 248 g/mol. The lowest BCUT2D eigenvalue weighted by Crippen LogP contribution is -2.46. The van der Waals surface area contributed by atoms with Gasteiger partial charge in [0.15, 0.2) is 0 Å². The molecule has 1 saturated carbocycles. The molecule has 0 spiro atoms. The fourth-order valence-corrected chi connectivity index (χ4v) is 3.13. The maximum Gasteiger partial charge on any atom is 0.0724 e. The highest BCUT2D eigenvalue weighted by Crippen LogP contribution is 2.24. The third-order valence-electron chi connectivity index (χ3n) is 4.17. The third kappa shape index (κ3) is 4.30. The van der Waals surface area contributed by atoms with Gasteiger partial charge in [-0.1, -0.05) is 43.2 Å². The molecule has 0 amide bonds. The molecule has 3 atom stereocenters. The summed E-state index contributed by atoms with van der Waals surface area (Å²) in [6, 6.07) is 11.6. The van der Waals surface area contributed by atoms with Gasteiger partial charge in [-0.3, -0.25) is 0 Å². The predicted molar refractivity (Wildman–Crippen MR) is 83.9 cm³/mol. The van der Waals surface area contributed by atoms with Crippen molar-refractivity contribution in [3.8, 4) is 0 Å². The predicted octanol–water partition coefficient (Wildman–Crippen LogP) is 2.84. The van der Waals surface area contributed by atoms with Crippen LogP contribution in [0.25, 0.3) is 0 Å². The molecule has 20 heavy (non-hydrogen) atoms. The number of benzene rings is 1. The fourth-order valence-electron chi connectivity index (χ4n) is 3.13. The molecule has 1 aliphatic carbocycles. The molecule has 112 valence electrons. The lowest BCUT2D eigenvalue weighted by molar-refractivity contribution is 0.0363. The van der Waals surface area contributed by atoms with E-state index in [0.29, 0.717) is 18.2 Å². The third-order valence-corrected chi connectivity index (χ3v) is 4.17. The molecule has 1 aromatic rings. The molecule has 1 aromatic carbocycles. The summed E-state index contributed by atoms with van der Waals surface area (Å²) in [5.74, 6) is 0. The van der Waals surface area contributed by atoms with Crippen molar-refractivity contribution < 1.29 is 4.74 Å². The Morgan fingerprint density at radius 1 is 1.20 bits per heavy atom. The van der Waals surface area contributed by atoms with Crippen molar-refractivity contribution in [2.45, 2.75) is 43.9 Å². The second-order valence-corrected chi connectivity index (χ2v) is 6.06. The minimum Gasteiger partial charge on any atom is -0.380 e. The van der Waals surface area contributed by atoms with E-state index in [9.17, 15) is 0 Å². The number of hydrogen-bond donors (Lipinski definition) is 1. The number of nitrogens with zero attached hydrogens (tertiary/aromatic N) is 1. The molecule has 0 aliphatic heterocycles. The van der Waals surface area contributed by atoms with Crippen molar-refractivity contribution in [3.05, 3.63) is 35.9 Å². The highest BCUT2D eigenvalue weighted by atomic mass is 16.5. The minimum absolute atomic E-state index is 0.358. The van der Waals surface area contributed by atoms with Crippen molar-refractivity contribution in [1.82, 2.24) is 10.2 Å². The highest BCUT2D eigenvalue weighted by molar-refractivity contribution is 5.19. The van der Waals surface area contributed by atoms with E-state index in [0.717, 1.165) is 6.54 Å². The average Bonchev–Trinajstić information content (AvgIpc) is 2.47. The quantitative estimate of drug-likeness (QED) is 0.864. The average molecular weight is 276 g/mol. The molecule has 0 aromatic heterocycles. The second-order valence-electron chi connectivity index (χ2n) is 6.06. The zero-order valence-electron chi connectivity index (χ0n) is 13.0. The molecule has 3 heteroatoms. The van der Waals surface area contributed by atoms with E-state index in [1.807, 2.05) is 7.11 Å². The number of likely N-dealkylation sites (N-methyl/N-ethyl adjacent to an activating group) is 1. The van der Waals surface area contributed by atoms with Crippen molar-refractivity contribution in [1.29, 1.82) is 0 Å². The van der Waals surface area contributed by atoms with Gasteiger partial charge in [0.05, 0.1) is 6.10 Å². The summed E-state index contributed by atoms with van der Waals surface area (Å²) < 4.78 is 5.67. The topological polar surface area (TPSA) is 24.5 Å². The van der Waals surface area contributed by atoms with Gasteiger partial charge in [0, 0.05) is 25.7 Å². The molecule has 2 rings (SSSR count). The molecule has 3 unspecified atom stereocenters. The van der Waals surface area contributed by atoms with E-state index in [1.165, 1.54) is 31.2 Å². The molecule has 1 aliphatic rings. The van der Waals surface area contributed by atoms with E-state index in [4.69, 9.17) is 4.74 Å². The Labute approximate surface area is 123 Å². The Hall–Kier alpha value is -0.900. The summed E-state index contributed by atoms with van der Waals surface area (Å²) in [5.41, 5.74) is 1.36. The molecule has 1 fully saturated rings. The van der Waals surface area contributed by atoms with Crippen molar-refractivity contribution in [2.24, 2.45) is 0 Å². The molecule has 0 saturated heterocycles. The van der Waals surface area contributed by atoms with Crippen LogP contribution in [0.2, 0.25) is 0 Å². The zero-order valence-corrected chi connectivity index (χ0v) is 13.0. The van der Waals surface area contributed by atoms with E-state index >= 15 is 0 Å². The van der Waals surface area contributed by atoms with E-state index < -0.39 is 0 Å². The number of rotatable bonds is 6. The summed E-state index contributed by atoms with van der Waals surface area (Å²) in [6.07, 6.45) is 5.35. The normalized spacial score (nSPS) is 24.8. The smallest absolute Gasteiger partial charge is 0.0724 e. The summed E-state index contributed by atoms with van der Waals surface area (Å²) in [6.45, 7) is 1.01. The molecule has 3 nitrogen and oxygen atoms in total. The van der Waals surface area contributed by atoms with Gasteiger partial charge in [-0.2, -0.15) is 0 Å². The minimum atomic E-state index is 0.358.